The minimum Gasteiger partial charge on any atom is -0.480 e. The van der Waals surface area contributed by atoms with Gasteiger partial charge in [-0.25, -0.2) is 9.59 Å². The Morgan fingerprint density at radius 2 is 0.656 bits per heavy atom. The molecule has 1 heterocycles. The zero-order valence-corrected chi connectivity index (χ0v) is 56.8. The van der Waals surface area contributed by atoms with Crippen molar-refractivity contribution in [2.45, 2.75) is 58.0 Å². The first-order chi connectivity index (χ1) is 46.9. The highest BCUT2D eigenvalue weighted by molar-refractivity contribution is 6.13. The third kappa shape index (κ3) is 60.4. The zero-order valence-electron chi connectivity index (χ0n) is 56.8. The number of hydrogen-bond acceptors (Lipinski definition) is 27. The summed E-state index contributed by atoms with van der Waals surface area (Å²) in [4.78, 5) is 83.7. The van der Waals surface area contributed by atoms with Crippen LogP contribution in [0.1, 0.15) is 46.0 Å². The quantitative estimate of drug-likeness (QED) is 0.0304. The number of primary amides is 1. The summed E-state index contributed by atoms with van der Waals surface area (Å²) in [5.41, 5.74) is 5.02. The molecular formula is C62H114N6O28. The predicted molar refractivity (Wildman–Crippen MR) is 342 cm³/mol. The van der Waals surface area contributed by atoms with E-state index in [2.05, 4.69) is 21.3 Å². The summed E-state index contributed by atoms with van der Waals surface area (Å²) >= 11 is 0. The normalized spacial score (nSPS) is 12.9. The fourth-order valence-corrected chi connectivity index (χ4v) is 7.65. The standard InChI is InChI=1S/C62H114N6O28/c1-53(2)59(60(73)66-54(61(74)75)5-3-4-10-65-62(63)76)67-56(70)9-13-77-15-17-79-19-21-81-23-25-83-27-29-85-31-33-87-35-37-89-39-41-91-43-45-93-47-49-95-51-52-96-50-48-94-46-44-92-42-40-90-38-36-88-34-32-86-30-28-84-26-24-82-22-20-80-18-16-78-14-11-64-55(69)8-12-68-57(71)6-7-58(68)72/h6-7,53-54,59H,3-5,8-52H2,1-2H3,(H,64,69)(H,66,73)(H,67,70)(H,74,75)(H3,63,65,76)/t54-,59?/m0/s1. The lowest BCUT2D eigenvalue weighted by Crippen LogP contribution is -2.53. The van der Waals surface area contributed by atoms with Gasteiger partial charge >= 0.3 is 12.0 Å². The number of urea groups is 1. The average Bonchev–Trinajstić information content (AvgIpc) is 1.71. The molecule has 7 amide bonds. The number of nitrogens with zero attached hydrogens (tertiary/aromatic N) is 1. The molecule has 1 aliphatic rings. The first-order valence-corrected chi connectivity index (χ1v) is 33.1. The van der Waals surface area contributed by atoms with Crippen molar-refractivity contribution < 1.29 is 133 Å². The summed E-state index contributed by atoms with van der Waals surface area (Å²) in [5.74, 6) is -3.56. The highest BCUT2D eigenvalue weighted by Crippen LogP contribution is 2.08. The first-order valence-electron chi connectivity index (χ1n) is 33.1. The zero-order chi connectivity index (χ0) is 69.7. The molecule has 0 aromatic carbocycles. The van der Waals surface area contributed by atoms with Gasteiger partial charge in [-0.2, -0.15) is 0 Å². The molecule has 34 nitrogen and oxygen atoms in total. The number of rotatable bonds is 76. The van der Waals surface area contributed by atoms with E-state index in [1.807, 2.05) is 0 Å². The van der Waals surface area contributed by atoms with Crippen LogP contribution < -0.4 is 27.0 Å². The number of amides is 7. The van der Waals surface area contributed by atoms with Crippen LogP contribution >= 0.6 is 0 Å². The Bertz CT molecular complexity index is 1900. The van der Waals surface area contributed by atoms with Gasteiger partial charge in [0.1, 0.15) is 12.1 Å². The van der Waals surface area contributed by atoms with Gasteiger partial charge in [-0.05, 0) is 25.2 Å². The van der Waals surface area contributed by atoms with Gasteiger partial charge in [-0.15, -0.1) is 0 Å². The van der Waals surface area contributed by atoms with Gasteiger partial charge in [0.2, 0.25) is 17.7 Å². The lowest BCUT2D eigenvalue weighted by molar-refractivity contribution is -0.142. The molecule has 560 valence electrons. The molecule has 34 heteroatoms. The predicted octanol–water partition coefficient (Wildman–Crippen LogP) is -1.31. The molecule has 0 aromatic heterocycles. The van der Waals surface area contributed by atoms with E-state index in [1.54, 1.807) is 13.8 Å². The maximum atomic E-state index is 12.8. The molecule has 0 spiro atoms. The van der Waals surface area contributed by atoms with Crippen LogP contribution in [0.3, 0.4) is 0 Å². The van der Waals surface area contributed by atoms with E-state index >= 15 is 0 Å². The summed E-state index contributed by atoms with van der Waals surface area (Å²) in [7, 11) is 0. The number of carboxylic acid groups (broad SMARTS) is 1. The second-order valence-electron chi connectivity index (χ2n) is 20.7. The van der Waals surface area contributed by atoms with E-state index < -0.39 is 47.7 Å². The summed E-state index contributed by atoms with van der Waals surface area (Å²) in [6.07, 6.45) is 3.50. The van der Waals surface area contributed by atoms with E-state index in [1.165, 1.54) is 12.2 Å². The Balaban J connectivity index is 1.68. The fraction of sp³-hybridized carbons (Fsp3) is 0.855. The number of imide groups is 1. The number of carboxylic acids is 1. The van der Waals surface area contributed by atoms with Crippen LogP contribution in [0.5, 0.6) is 0 Å². The molecule has 1 aliphatic heterocycles. The topological polar surface area (TPSA) is 402 Å². The van der Waals surface area contributed by atoms with Crippen molar-refractivity contribution in [1.29, 1.82) is 0 Å². The van der Waals surface area contributed by atoms with Gasteiger partial charge in [0.15, 0.2) is 0 Å². The molecule has 0 aliphatic carbocycles. The lowest BCUT2D eigenvalue weighted by Gasteiger charge is -2.24. The lowest BCUT2D eigenvalue weighted by atomic mass is 10.0. The van der Waals surface area contributed by atoms with Gasteiger partial charge in [0.05, 0.1) is 264 Å². The summed E-state index contributed by atoms with van der Waals surface area (Å²) in [6.45, 7) is 21.0. The van der Waals surface area contributed by atoms with E-state index in [9.17, 15) is 38.7 Å². The molecular weight excluding hydrogens is 1280 g/mol. The minimum absolute atomic E-state index is 0.00779. The highest BCUT2D eigenvalue weighted by atomic mass is 16.6. The second-order valence-corrected chi connectivity index (χ2v) is 20.7. The Morgan fingerprint density at radius 1 is 0.375 bits per heavy atom. The molecule has 0 saturated carbocycles. The molecule has 1 unspecified atom stereocenters. The van der Waals surface area contributed by atoms with Gasteiger partial charge in [0, 0.05) is 44.6 Å². The van der Waals surface area contributed by atoms with E-state index in [0.29, 0.717) is 277 Å². The number of unbranched alkanes of at least 4 members (excludes halogenated alkanes) is 1. The van der Waals surface area contributed by atoms with Crippen LogP contribution in [-0.4, -0.2) is 348 Å². The van der Waals surface area contributed by atoms with Crippen LogP contribution in [0.25, 0.3) is 0 Å². The number of hydrogen-bond donors (Lipinski definition) is 6. The molecule has 96 heavy (non-hydrogen) atoms. The van der Waals surface area contributed by atoms with Crippen molar-refractivity contribution in [3.8, 4) is 0 Å². The molecule has 2 atom stereocenters. The van der Waals surface area contributed by atoms with Crippen molar-refractivity contribution in [2.24, 2.45) is 11.7 Å². The van der Waals surface area contributed by atoms with Crippen LogP contribution in [0, 0.1) is 5.92 Å². The summed E-state index contributed by atoms with van der Waals surface area (Å²) in [6, 6.07) is -2.73. The van der Waals surface area contributed by atoms with E-state index in [4.69, 9.17) is 100 Å². The van der Waals surface area contributed by atoms with Gasteiger partial charge < -0.3 is 127 Å². The molecule has 0 fully saturated rings. The van der Waals surface area contributed by atoms with Crippen LogP contribution in [0.4, 0.5) is 4.79 Å². The molecule has 0 radical (unpaired) electrons. The Labute approximate surface area is 565 Å². The monoisotopic (exact) mass is 1390 g/mol. The van der Waals surface area contributed by atoms with E-state index in [-0.39, 0.29) is 50.8 Å². The average molecular weight is 1390 g/mol. The first kappa shape index (κ1) is 89.2. The molecule has 0 aromatic rings. The third-order valence-corrected chi connectivity index (χ3v) is 12.7. The van der Waals surface area contributed by atoms with Crippen molar-refractivity contribution in [2.75, 3.05) is 284 Å². The van der Waals surface area contributed by atoms with Crippen LogP contribution in [-0.2, 0) is 124 Å². The molecule has 1 rings (SSSR count). The Hall–Kier alpha value is -4.77. The maximum absolute atomic E-state index is 12.8. The summed E-state index contributed by atoms with van der Waals surface area (Å²) in [5, 5.41) is 19.8. The highest BCUT2D eigenvalue weighted by Gasteiger charge is 2.29. The Morgan fingerprint density at radius 3 is 0.927 bits per heavy atom. The number of nitrogens with two attached hydrogens (primary N) is 1. The van der Waals surface area contributed by atoms with Crippen molar-refractivity contribution in [3.05, 3.63) is 12.2 Å². The van der Waals surface area contributed by atoms with E-state index in [0.717, 1.165) is 4.90 Å². The number of carbonyl (C=O) groups excluding carboxylic acids is 6. The summed E-state index contributed by atoms with van der Waals surface area (Å²) < 4.78 is 110. The Kier molecular flexibility index (Phi) is 63.9. The van der Waals surface area contributed by atoms with Crippen molar-refractivity contribution in [1.82, 2.24) is 26.2 Å². The van der Waals surface area contributed by atoms with Crippen molar-refractivity contribution >= 4 is 41.5 Å². The largest absolute Gasteiger partial charge is 0.480 e. The SMILES string of the molecule is CC(C)C(NC(=O)CCOCCOCCOCCOCCOCCOCCOCCOCCOCCOCCOCCOCCOCCOCCOCCOCCOCCOCCOCCOCCNC(=O)CCN1C(=O)C=CC1=O)C(=O)N[C@@H](CCCCNC(N)=O)C(=O)O. The van der Waals surface area contributed by atoms with Gasteiger partial charge in [0.25, 0.3) is 11.8 Å². The van der Waals surface area contributed by atoms with Crippen LogP contribution in [0.2, 0.25) is 0 Å². The third-order valence-electron chi connectivity index (χ3n) is 12.7. The number of nitrogens with one attached hydrogen (secondary N) is 4. The molecule has 0 saturated heterocycles. The van der Waals surface area contributed by atoms with Crippen molar-refractivity contribution in [3.63, 3.8) is 0 Å². The smallest absolute Gasteiger partial charge is 0.326 e. The maximum Gasteiger partial charge on any atom is 0.326 e. The molecule has 0 bridgehead atoms. The number of carbonyl (C=O) groups is 7. The fourth-order valence-electron chi connectivity index (χ4n) is 7.65. The second kappa shape index (κ2) is 68.7. The minimum atomic E-state index is -1.19. The number of aliphatic carboxylic acids is 1. The number of ether oxygens (including phenoxy) is 20. The van der Waals surface area contributed by atoms with Gasteiger partial charge in [-0.1, -0.05) is 13.8 Å². The molecule has 7 N–H and O–H groups in total. The van der Waals surface area contributed by atoms with Gasteiger partial charge in [-0.3, -0.25) is 28.9 Å². The van der Waals surface area contributed by atoms with Crippen LogP contribution in [0.15, 0.2) is 12.2 Å².